The van der Waals surface area contributed by atoms with Gasteiger partial charge in [-0.05, 0) is 50.7 Å². The van der Waals surface area contributed by atoms with Gasteiger partial charge in [0.15, 0.2) is 0 Å². The third kappa shape index (κ3) is 5.48. The van der Waals surface area contributed by atoms with E-state index in [2.05, 4.69) is 11.8 Å². The Kier molecular flexibility index (Phi) is 7.38. The molecule has 21 heavy (non-hydrogen) atoms. The van der Waals surface area contributed by atoms with Gasteiger partial charge in [-0.1, -0.05) is 12.8 Å². The van der Waals surface area contributed by atoms with E-state index in [-0.39, 0.29) is 0 Å². The molecule has 3 unspecified atom stereocenters. The Labute approximate surface area is 134 Å². The number of carbonyl (C=O) groups is 1. The third-order valence-electron chi connectivity index (χ3n) is 5.02. The van der Waals surface area contributed by atoms with Crippen LogP contribution in [0.25, 0.3) is 0 Å². The summed E-state index contributed by atoms with van der Waals surface area (Å²) in [4.78, 5) is 14.5. The number of thioether (sulfide) groups is 1. The lowest BCUT2D eigenvalue weighted by Gasteiger charge is -2.29. The van der Waals surface area contributed by atoms with Gasteiger partial charge in [0.1, 0.15) is 0 Å². The Balaban J connectivity index is 1.71. The van der Waals surface area contributed by atoms with Gasteiger partial charge in [-0.3, -0.25) is 4.79 Å². The number of ether oxygens (including phenoxy) is 1. The van der Waals surface area contributed by atoms with E-state index >= 15 is 0 Å². The average Bonchev–Trinajstić information content (AvgIpc) is 3.03. The summed E-state index contributed by atoms with van der Waals surface area (Å²) >= 11 is 2.04. The lowest BCUT2D eigenvalue weighted by Crippen LogP contribution is -2.36. The molecular weight excluding hydrogens is 282 g/mol. The molecule has 0 N–H and O–H groups in total. The Morgan fingerprint density at radius 3 is 2.81 bits per heavy atom. The maximum atomic E-state index is 12.4. The molecule has 2 fully saturated rings. The summed E-state index contributed by atoms with van der Waals surface area (Å²) < 4.78 is 5.49. The highest BCUT2D eigenvalue weighted by molar-refractivity contribution is 8.00. The maximum absolute atomic E-state index is 12.4. The molecule has 0 aromatic heterocycles. The molecule has 0 aromatic carbocycles. The molecule has 4 heteroatoms. The molecule has 0 bridgehead atoms. The van der Waals surface area contributed by atoms with E-state index in [9.17, 15) is 4.79 Å². The van der Waals surface area contributed by atoms with Crippen molar-refractivity contribution in [2.45, 2.75) is 69.6 Å². The smallest absolute Gasteiger partial charge is 0.222 e. The summed E-state index contributed by atoms with van der Waals surface area (Å²) in [6.07, 6.45) is 9.68. The number of amides is 1. The van der Waals surface area contributed by atoms with Gasteiger partial charge >= 0.3 is 0 Å². The fraction of sp³-hybridized carbons (Fsp3) is 0.941. The first-order valence-electron chi connectivity index (χ1n) is 8.65. The summed E-state index contributed by atoms with van der Waals surface area (Å²) in [6, 6.07) is 0. The summed E-state index contributed by atoms with van der Waals surface area (Å²) in [5, 5.41) is 0.682. The Hall–Kier alpha value is -0.220. The van der Waals surface area contributed by atoms with Crippen molar-refractivity contribution in [2.24, 2.45) is 5.92 Å². The molecule has 1 aliphatic carbocycles. The monoisotopic (exact) mass is 313 g/mol. The summed E-state index contributed by atoms with van der Waals surface area (Å²) in [6.45, 7) is 3.94. The second-order valence-electron chi connectivity index (χ2n) is 6.50. The zero-order valence-electron chi connectivity index (χ0n) is 13.7. The molecule has 3 atom stereocenters. The van der Waals surface area contributed by atoms with E-state index in [1.54, 1.807) is 0 Å². The van der Waals surface area contributed by atoms with Crippen LogP contribution < -0.4 is 0 Å². The van der Waals surface area contributed by atoms with Crippen molar-refractivity contribution >= 4 is 17.7 Å². The van der Waals surface area contributed by atoms with E-state index in [0.29, 0.717) is 23.2 Å². The van der Waals surface area contributed by atoms with Crippen LogP contribution in [0.5, 0.6) is 0 Å². The molecule has 1 amide bonds. The minimum atomic E-state index is 0.365. The van der Waals surface area contributed by atoms with Gasteiger partial charge < -0.3 is 9.64 Å². The van der Waals surface area contributed by atoms with Crippen LogP contribution in [0.4, 0.5) is 0 Å². The fourth-order valence-corrected chi connectivity index (χ4v) is 4.93. The minimum absolute atomic E-state index is 0.365. The van der Waals surface area contributed by atoms with Gasteiger partial charge in [0.25, 0.3) is 0 Å². The Morgan fingerprint density at radius 1 is 1.29 bits per heavy atom. The highest BCUT2D eigenvalue weighted by Gasteiger charge is 2.24. The van der Waals surface area contributed by atoms with Crippen molar-refractivity contribution < 1.29 is 9.53 Å². The van der Waals surface area contributed by atoms with Crippen molar-refractivity contribution in [3.63, 3.8) is 0 Å². The zero-order chi connectivity index (χ0) is 15.1. The number of carbonyl (C=O) groups excluding carboxylic acids is 1. The zero-order valence-corrected chi connectivity index (χ0v) is 14.5. The van der Waals surface area contributed by atoms with Crippen LogP contribution >= 0.6 is 11.8 Å². The minimum Gasteiger partial charge on any atom is -0.381 e. The number of hydrogen-bond donors (Lipinski definition) is 0. The van der Waals surface area contributed by atoms with E-state index < -0.39 is 0 Å². The standard InChI is InChI=1S/C17H31NO2S/c1-3-18(13-16-8-5-11-21-16)17(19)10-9-14-6-4-7-15(12-14)20-2/h14-16H,3-13H2,1-2H3. The van der Waals surface area contributed by atoms with Crippen LogP contribution in [0.1, 0.15) is 58.3 Å². The molecule has 1 aliphatic heterocycles. The highest BCUT2D eigenvalue weighted by atomic mass is 32.2. The normalized spacial score (nSPS) is 29.5. The maximum Gasteiger partial charge on any atom is 0.222 e. The van der Waals surface area contributed by atoms with Gasteiger partial charge in [0.2, 0.25) is 5.91 Å². The molecule has 1 heterocycles. The molecule has 3 nitrogen and oxygen atoms in total. The largest absolute Gasteiger partial charge is 0.381 e. The molecule has 0 aromatic rings. The first kappa shape index (κ1) is 17.1. The first-order valence-corrected chi connectivity index (χ1v) is 9.70. The quantitative estimate of drug-likeness (QED) is 0.717. The summed E-state index contributed by atoms with van der Waals surface area (Å²) in [7, 11) is 1.82. The van der Waals surface area contributed by atoms with Crippen LogP contribution in [0.3, 0.4) is 0 Å². The number of hydrogen-bond acceptors (Lipinski definition) is 3. The molecular formula is C17H31NO2S. The SMILES string of the molecule is CCN(CC1CCCS1)C(=O)CCC1CCCC(OC)C1. The van der Waals surface area contributed by atoms with Crippen molar-refractivity contribution in [1.29, 1.82) is 0 Å². The van der Waals surface area contributed by atoms with E-state index in [0.717, 1.165) is 32.4 Å². The fourth-order valence-electron chi connectivity index (χ4n) is 3.65. The van der Waals surface area contributed by atoms with E-state index in [1.165, 1.54) is 37.9 Å². The topological polar surface area (TPSA) is 29.5 Å². The molecule has 0 spiro atoms. The van der Waals surface area contributed by atoms with Crippen molar-refractivity contribution in [3.8, 4) is 0 Å². The number of methoxy groups -OCH3 is 1. The second kappa shape index (κ2) is 9.04. The average molecular weight is 314 g/mol. The molecule has 2 rings (SSSR count). The predicted octanol–water partition coefficient (Wildman–Crippen LogP) is 3.72. The number of rotatable bonds is 7. The lowest BCUT2D eigenvalue weighted by atomic mass is 9.84. The highest BCUT2D eigenvalue weighted by Crippen LogP contribution is 2.30. The van der Waals surface area contributed by atoms with Crippen molar-refractivity contribution in [2.75, 3.05) is 26.0 Å². The van der Waals surface area contributed by atoms with Crippen molar-refractivity contribution in [1.82, 2.24) is 4.90 Å². The summed E-state index contributed by atoms with van der Waals surface area (Å²) in [5.41, 5.74) is 0. The van der Waals surface area contributed by atoms with Gasteiger partial charge in [-0.2, -0.15) is 11.8 Å². The Morgan fingerprint density at radius 2 is 2.14 bits per heavy atom. The van der Waals surface area contributed by atoms with E-state index in [1.807, 2.05) is 18.9 Å². The molecule has 2 aliphatic rings. The molecule has 0 radical (unpaired) electrons. The van der Waals surface area contributed by atoms with Crippen LogP contribution in [0.2, 0.25) is 0 Å². The summed E-state index contributed by atoms with van der Waals surface area (Å²) in [5.74, 6) is 2.33. The van der Waals surface area contributed by atoms with Crippen LogP contribution in [-0.2, 0) is 9.53 Å². The van der Waals surface area contributed by atoms with Gasteiger partial charge in [0.05, 0.1) is 6.10 Å². The first-order chi connectivity index (χ1) is 10.2. The van der Waals surface area contributed by atoms with Crippen LogP contribution in [0.15, 0.2) is 0 Å². The molecule has 1 saturated carbocycles. The van der Waals surface area contributed by atoms with E-state index in [4.69, 9.17) is 4.74 Å². The predicted molar refractivity (Wildman–Crippen MR) is 89.7 cm³/mol. The molecule has 122 valence electrons. The van der Waals surface area contributed by atoms with Crippen molar-refractivity contribution in [3.05, 3.63) is 0 Å². The van der Waals surface area contributed by atoms with Gasteiger partial charge in [-0.25, -0.2) is 0 Å². The third-order valence-corrected chi connectivity index (χ3v) is 6.40. The lowest BCUT2D eigenvalue weighted by molar-refractivity contribution is -0.131. The van der Waals surface area contributed by atoms with Crippen LogP contribution in [0, 0.1) is 5.92 Å². The second-order valence-corrected chi connectivity index (χ2v) is 7.90. The Bertz CT molecular complexity index is 318. The number of nitrogens with zero attached hydrogens (tertiary/aromatic N) is 1. The molecule has 1 saturated heterocycles. The van der Waals surface area contributed by atoms with Gasteiger partial charge in [-0.15, -0.1) is 0 Å². The van der Waals surface area contributed by atoms with Gasteiger partial charge in [0, 0.05) is 31.9 Å². The van der Waals surface area contributed by atoms with Crippen LogP contribution in [-0.4, -0.2) is 48.1 Å².